The average Bonchev–Trinajstić information content (AvgIpc) is 1.87. The molecule has 1 fully saturated rings. The summed E-state index contributed by atoms with van der Waals surface area (Å²) in [6.07, 6.45) is 0.739. The van der Waals surface area contributed by atoms with E-state index >= 15 is 0 Å². The summed E-state index contributed by atoms with van der Waals surface area (Å²) in [5.74, 6) is -0.332. The van der Waals surface area contributed by atoms with E-state index < -0.39 is 8.03 Å². The van der Waals surface area contributed by atoms with E-state index in [0.29, 0.717) is 12.6 Å². The van der Waals surface area contributed by atoms with Crippen molar-refractivity contribution >= 4 is 14.0 Å². The van der Waals surface area contributed by atoms with Gasteiger partial charge in [-0.25, -0.2) is 9.32 Å². The second kappa shape index (κ2) is 1.58. The van der Waals surface area contributed by atoms with Gasteiger partial charge in [-0.05, 0) is 4.57 Å². The summed E-state index contributed by atoms with van der Waals surface area (Å²) in [7, 11) is -1.60. The SMILES string of the molecule is O=C1CC[P+](=O)O1. The van der Waals surface area contributed by atoms with Gasteiger partial charge in [-0.3, -0.25) is 0 Å². The minimum Gasteiger partial charge on any atom is -0.246 e. The van der Waals surface area contributed by atoms with Crippen molar-refractivity contribution in [1.82, 2.24) is 0 Å². The molecule has 0 amide bonds. The lowest BCUT2D eigenvalue weighted by atomic mass is 10.5. The van der Waals surface area contributed by atoms with Crippen LogP contribution >= 0.6 is 8.03 Å². The monoisotopic (exact) mass is 119 g/mol. The molecule has 0 spiro atoms. The van der Waals surface area contributed by atoms with Gasteiger partial charge in [0.05, 0.1) is 6.42 Å². The molecular weight excluding hydrogens is 115 g/mol. The number of hydrogen-bond donors (Lipinski definition) is 0. The van der Waals surface area contributed by atoms with Crippen LogP contribution in [0.25, 0.3) is 0 Å². The Hall–Kier alpha value is -0.430. The molecule has 1 rings (SSSR count). The van der Waals surface area contributed by atoms with Gasteiger partial charge in [0.2, 0.25) is 0 Å². The molecule has 38 valence electrons. The Morgan fingerprint density at radius 1 is 1.71 bits per heavy atom. The molecule has 1 atom stereocenters. The van der Waals surface area contributed by atoms with Crippen LogP contribution in [0.5, 0.6) is 0 Å². The minimum atomic E-state index is -1.60. The predicted octanol–water partition coefficient (Wildman–Crippen LogP) is 0.676. The lowest BCUT2D eigenvalue weighted by Crippen LogP contribution is -1.86. The third-order valence-corrected chi connectivity index (χ3v) is 1.70. The maximum Gasteiger partial charge on any atom is 0.559 e. The molecule has 1 saturated heterocycles. The lowest BCUT2D eigenvalue weighted by molar-refractivity contribution is -0.131. The molecule has 0 bridgehead atoms. The van der Waals surface area contributed by atoms with Gasteiger partial charge in [-0.2, -0.15) is 0 Å². The van der Waals surface area contributed by atoms with E-state index in [1.165, 1.54) is 0 Å². The second-order valence-electron chi connectivity index (χ2n) is 1.27. The predicted molar refractivity (Wildman–Crippen MR) is 23.2 cm³/mol. The molecule has 0 aromatic heterocycles. The lowest BCUT2D eigenvalue weighted by Gasteiger charge is -1.65. The molecule has 7 heavy (non-hydrogen) atoms. The van der Waals surface area contributed by atoms with Crippen molar-refractivity contribution in [1.29, 1.82) is 0 Å². The molecule has 1 aliphatic heterocycles. The first-order valence-corrected chi connectivity index (χ1v) is 3.31. The zero-order chi connectivity index (χ0) is 5.28. The first kappa shape index (κ1) is 4.72. The number of carbonyl (C=O) groups excluding carboxylic acids is 1. The molecular formula is C3H4O3P+. The van der Waals surface area contributed by atoms with Crippen LogP contribution in [-0.4, -0.2) is 12.1 Å². The van der Waals surface area contributed by atoms with Crippen LogP contribution in [0.2, 0.25) is 0 Å². The van der Waals surface area contributed by atoms with Gasteiger partial charge in [0.25, 0.3) is 0 Å². The summed E-state index contributed by atoms with van der Waals surface area (Å²) in [5, 5.41) is 0. The third-order valence-electron chi connectivity index (χ3n) is 0.702. The molecule has 4 heteroatoms. The van der Waals surface area contributed by atoms with Crippen LogP contribution in [0.1, 0.15) is 6.42 Å². The van der Waals surface area contributed by atoms with Gasteiger partial charge < -0.3 is 0 Å². The van der Waals surface area contributed by atoms with Crippen molar-refractivity contribution in [2.75, 3.05) is 6.16 Å². The van der Waals surface area contributed by atoms with E-state index in [2.05, 4.69) is 4.52 Å². The highest BCUT2D eigenvalue weighted by molar-refractivity contribution is 7.40. The van der Waals surface area contributed by atoms with Crippen molar-refractivity contribution in [3.63, 3.8) is 0 Å². The Morgan fingerprint density at radius 2 is 2.43 bits per heavy atom. The van der Waals surface area contributed by atoms with Gasteiger partial charge in [-0.15, -0.1) is 0 Å². The van der Waals surface area contributed by atoms with E-state index in [1.54, 1.807) is 0 Å². The summed E-state index contributed by atoms with van der Waals surface area (Å²) in [5.41, 5.74) is 0. The Labute approximate surface area is 41.5 Å². The fourth-order valence-corrected chi connectivity index (χ4v) is 1.16. The van der Waals surface area contributed by atoms with E-state index in [1.807, 2.05) is 0 Å². The second-order valence-corrected chi connectivity index (χ2v) is 2.56. The van der Waals surface area contributed by atoms with Crippen LogP contribution in [-0.2, 0) is 13.9 Å². The van der Waals surface area contributed by atoms with Gasteiger partial charge in [-0.1, -0.05) is 0 Å². The molecule has 0 aromatic carbocycles. The minimum absolute atomic E-state index is 0.329. The maximum atomic E-state index is 10.2. The van der Waals surface area contributed by atoms with E-state index in [4.69, 9.17) is 0 Å². The zero-order valence-electron chi connectivity index (χ0n) is 3.59. The quantitative estimate of drug-likeness (QED) is 0.440. The molecule has 1 unspecified atom stereocenters. The zero-order valence-corrected chi connectivity index (χ0v) is 4.48. The molecule has 1 aliphatic rings. The first-order valence-electron chi connectivity index (χ1n) is 1.94. The first-order chi connectivity index (χ1) is 3.29. The molecule has 1 heterocycles. The van der Waals surface area contributed by atoms with Gasteiger partial charge in [0.1, 0.15) is 0 Å². The smallest absolute Gasteiger partial charge is 0.246 e. The van der Waals surface area contributed by atoms with Gasteiger partial charge >= 0.3 is 14.0 Å². The summed E-state index contributed by atoms with van der Waals surface area (Å²) < 4.78 is 14.4. The van der Waals surface area contributed by atoms with Crippen molar-refractivity contribution in [3.8, 4) is 0 Å². The Morgan fingerprint density at radius 3 is 2.57 bits per heavy atom. The van der Waals surface area contributed by atoms with Gasteiger partial charge in [0, 0.05) is 0 Å². The summed E-state index contributed by atoms with van der Waals surface area (Å²) in [4.78, 5) is 10.0. The molecule has 0 radical (unpaired) electrons. The molecule has 0 saturated carbocycles. The standard InChI is InChI=1S/C3H4O3P/c4-3-1-2-7(5)6-3/h1-2H2/q+1. The van der Waals surface area contributed by atoms with Crippen LogP contribution in [0.15, 0.2) is 0 Å². The van der Waals surface area contributed by atoms with Crippen LogP contribution < -0.4 is 0 Å². The van der Waals surface area contributed by atoms with Crippen molar-refractivity contribution < 1.29 is 13.9 Å². The average molecular weight is 119 g/mol. The number of hydrogen-bond acceptors (Lipinski definition) is 3. The van der Waals surface area contributed by atoms with E-state index in [0.717, 1.165) is 0 Å². The summed E-state index contributed by atoms with van der Waals surface area (Å²) in [6.45, 7) is 0. The van der Waals surface area contributed by atoms with Crippen molar-refractivity contribution in [2.45, 2.75) is 6.42 Å². The Balaban J connectivity index is 2.55. The summed E-state index contributed by atoms with van der Waals surface area (Å²) >= 11 is 0. The van der Waals surface area contributed by atoms with E-state index in [-0.39, 0.29) is 5.97 Å². The van der Waals surface area contributed by atoms with Crippen LogP contribution in [0.4, 0.5) is 0 Å². The summed E-state index contributed by atoms with van der Waals surface area (Å²) in [6, 6.07) is 0. The highest BCUT2D eigenvalue weighted by atomic mass is 31.1. The highest BCUT2D eigenvalue weighted by Crippen LogP contribution is 2.30. The van der Waals surface area contributed by atoms with E-state index in [9.17, 15) is 9.36 Å². The molecule has 0 aromatic rings. The Bertz CT molecular complexity index is 105. The topological polar surface area (TPSA) is 43.4 Å². The normalized spacial score (nSPS) is 25.1. The van der Waals surface area contributed by atoms with Gasteiger partial charge in [0.15, 0.2) is 6.16 Å². The third kappa shape index (κ3) is 0.967. The fourth-order valence-electron chi connectivity index (χ4n) is 0.387. The molecule has 3 nitrogen and oxygen atoms in total. The largest absolute Gasteiger partial charge is 0.559 e. The Kier molecular flexibility index (Phi) is 1.07. The van der Waals surface area contributed by atoms with Crippen LogP contribution in [0, 0.1) is 0 Å². The van der Waals surface area contributed by atoms with Crippen molar-refractivity contribution in [3.05, 3.63) is 0 Å². The number of carbonyl (C=O) groups is 1. The molecule has 0 N–H and O–H groups in total. The number of rotatable bonds is 0. The van der Waals surface area contributed by atoms with Crippen LogP contribution in [0.3, 0.4) is 0 Å². The fraction of sp³-hybridized carbons (Fsp3) is 0.667. The maximum absolute atomic E-state index is 10.2. The molecule has 0 aliphatic carbocycles. The highest BCUT2D eigenvalue weighted by Gasteiger charge is 2.32. The van der Waals surface area contributed by atoms with Crippen molar-refractivity contribution in [2.24, 2.45) is 0 Å².